The number of anilines is 3. The van der Waals surface area contributed by atoms with Crippen LogP contribution in [-0.2, 0) is 0 Å². The Hall–Kier alpha value is -2.56. The molecule has 2 aromatic rings. The van der Waals surface area contributed by atoms with Gasteiger partial charge in [-0.3, -0.25) is 9.78 Å². The first-order chi connectivity index (χ1) is 12.6. The smallest absolute Gasteiger partial charge is 0.274 e. The first kappa shape index (κ1) is 18.2. The highest BCUT2D eigenvalue weighted by atomic mass is 16.1. The third-order valence-corrected chi connectivity index (χ3v) is 5.05. The first-order valence-electron chi connectivity index (χ1n) is 9.40. The number of hydrogen-bond acceptors (Lipinski definition) is 4. The van der Waals surface area contributed by atoms with Crippen LogP contribution in [0.1, 0.15) is 43.1 Å². The van der Waals surface area contributed by atoms with Crippen LogP contribution < -0.4 is 15.1 Å². The number of hydrogen-bond donors (Lipinski definition) is 1. The molecule has 0 bridgehead atoms. The van der Waals surface area contributed by atoms with Crippen LogP contribution in [0.4, 0.5) is 17.1 Å². The first-order valence-corrected chi connectivity index (χ1v) is 9.40. The highest BCUT2D eigenvalue weighted by Gasteiger charge is 2.22. The van der Waals surface area contributed by atoms with E-state index < -0.39 is 0 Å². The maximum absolute atomic E-state index is 12.6. The van der Waals surface area contributed by atoms with E-state index in [1.165, 1.54) is 19.3 Å². The van der Waals surface area contributed by atoms with Crippen molar-refractivity contribution >= 4 is 23.0 Å². The Kier molecular flexibility index (Phi) is 5.76. The van der Waals surface area contributed by atoms with Crippen LogP contribution in [-0.4, -0.2) is 37.6 Å². The molecule has 5 heteroatoms. The van der Waals surface area contributed by atoms with E-state index in [1.807, 2.05) is 55.4 Å². The molecule has 2 heterocycles. The van der Waals surface area contributed by atoms with Gasteiger partial charge in [0.25, 0.3) is 5.91 Å². The van der Waals surface area contributed by atoms with E-state index in [0.29, 0.717) is 11.7 Å². The summed E-state index contributed by atoms with van der Waals surface area (Å²) in [6.45, 7) is 3.28. The lowest BCUT2D eigenvalue weighted by Gasteiger charge is -2.37. The molecule has 1 unspecified atom stereocenters. The van der Waals surface area contributed by atoms with Crippen molar-refractivity contribution in [3.63, 3.8) is 0 Å². The minimum absolute atomic E-state index is 0.172. The Morgan fingerprint density at radius 1 is 1.23 bits per heavy atom. The Bertz CT molecular complexity index is 742. The molecule has 1 N–H and O–H groups in total. The molecule has 1 atom stereocenters. The van der Waals surface area contributed by atoms with E-state index in [2.05, 4.69) is 22.1 Å². The lowest BCUT2D eigenvalue weighted by molar-refractivity contribution is 0.102. The van der Waals surface area contributed by atoms with Crippen LogP contribution in [0.3, 0.4) is 0 Å². The summed E-state index contributed by atoms with van der Waals surface area (Å²) in [5.41, 5.74) is 3.43. The van der Waals surface area contributed by atoms with Crippen molar-refractivity contribution in [2.24, 2.45) is 0 Å². The second-order valence-corrected chi connectivity index (χ2v) is 7.05. The summed E-state index contributed by atoms with van der Waals surface area (Å²) in [7, 11) is 3.99. The van der Waals surface area contributed by atoms with Gasteiger partial charge in [-0.15, -0.1) is 0 Å². The quantitative estimate of drug-likeness (QED) is 0.877. The molecule has 1 amide bonds. The van der Waals surface area contributed by atoms with Crippen molar-refractivity contribution in [2.75, 3.05) is 35.8 Å². The molecular weight excluding hydrogens is 324 g/mol. The fourth-order valence-electron chi connectivity index (χ4n) is 3.53. The number of carbonyl (C=O) groups excluding carboxylic acids is 1. The third kappa shape index (κ3) is 4.15. The zero-order valence-corrected chi connectivity index (χ0v) is 15.9. The van der Waals surface area contributed by atoms with Crippen LogP contribution in [0.5, 0.6) is 0 Å². The Labute approximate surface area is 156 Å². The van der Waals surface area contributed by atoms with Gasteiger partial charge in [0.2, 0.25) is 0 Å². The normalized spacial score (nSPS) is 17.0. The van der Waals surface area contributed by atoms with E-state index in [0.717, 1.165) is 30.0 Å². The fourth-order valence-corrected chi connectivity index (χ4v) is 3.53. The van der Waals surface area contributed by atoms with Gasteiger partial charge in [0, 0.05) is 49.9 Å². The summed E-state index contributed by atoms with van der Waals surface area (Å²) in [6.07, 6.45) is 6.58. The van der Waals surface area contributed by atoms with Crippen molar-refractivity contribution in [3.8, 4) is 0 Å². The molecule has 0 aliphatic carbocycles. The second kappa shape index (κ2) is 8.21. The van der Waals surface area contributed by atoms with Gasteiger partial charge in [0.15, 0.2) is 0 Å². The van der Waals surface area contributed by atoms with Crippen LogP contribution in [0.25, 0.3) is 0 Å². The second-order valence-electron chi connectivity index (χ2n) is 7.05. The summed E-state index contributed by atoms with van der Waals surface area (Å²) in [5, 5.41) is 2.94. The number of nitrogens with zero attached hydrogens (tertiary/aromatic N) is 3. The molecule has 0 radical (unpaired) electrons. The van der Waals surface area contributed by atoms with Gasteiger partial charge in [0.05, 0.1) is 0 Å². The SMILES string of the molecule is CCC1CCCCN1c1ccnc(C(=O)Nc2ccc(N(C)C)cc2)c1. The average Bonchev–Trinajstić information content (AvgIpc) is 2.68. The summed E-state index contributed by atoms with van der Waals surface area (Å²) in [4.78, 5) is 21.3. The topological polar surface area (TPSA) is 48.5 Å². The van der Waals surface area contributed by atoms with Crippen molar-refractivity contribution in [1.82, 2.24) is 4.98 Å². The number of benzene rings is 1. The molecule has 138 valence electrons. The maximum Gasteiger partial charge on any atom is 0.274 e. The number of aromatic nitrogens is 1. The number of nitrogens with one attached hydrogen (secondary N) is 1. The molecule has 1 fully saturated rings. The maximum atomic E-state index is 12.6. The van der Waals surface area contributed by atoms with Gasteiger partial charge >= 0.3 is 0 Å². The highest BCUT2D eigenvalue weighted by Crippen LogP contribution is 2.26. The van der Waals surface area contributed by atoms with Crippen LogP contribution in [0, 0.1) is 0 Å². The summed E-state index contributed by atoms with van der Waals surface area (Å²) < 4.78 is 0. The Morgan fingerprint density at radius 2 is 2.00 bits per heavy atom. The molecule has 1 aliphatic rings. The highest BCUT2D eigenvalue weighted by molar-refractivity contribution is 6.03. The van der Waals surface area contributed by atoms with Crippen molar-refractivity contribution in [3.05, 3.63) is 48.3 Å². The van der Waals surface area contributed by atoms with Crippen LogP contribution >= 0.6 is 0 Å². The zero-order chi connectivity index (χ0) is 18.5. The van der Waals surface area contributed by atoms with Gasteiger partial charge in [0.1, 0.15) is 5.69 Å². The molecule has 5 nitrogen and oxygen atoms in total. The summed E-state index contributed by atoms with van der Waals surface area (Å²) in [5.74, 6) is -0.172. The minimum atomic E-state index is -0.172. The Morgan fingerprint density at radius 3 is 2.69 bits per heavy atom. The monoisotopic (exact) mass is 352 g/mol. The van der Waals surface area contributed by atoms with E-state index in [9.17, 15) is 4.79 Å². The molecular formula is C21H28N4O. The van der Waals surface area contributed by atoms with E-state index >= 15 is 0 Å². The van der Waals surface area contributed by atoms with Gasteiger partial charge < -0.3 is 15.1 Å². The van der Waals surface area contributed by atoms with E-state index in [4.69, 9.17) is 0 Å². The standard InChI is InChI=1S/C21H28N4O/c1-4-17-7-5-6-14-25(17)19-12-13-22-20(15-19)21(26)23-16-8-10-18(11-9-16)24(2)3/h8-13,15,17H,4-7,14H2,1-3H3,(H,23,26). The number of pyridine rings is 1. The molecule has 1 saturated heterocycles. The molecule has 26 heavy (non-hydrogen) atoms. The number of rotatable bonds is 5. The van der Waals surface area contributed by atoms with Gasteiger partial charge in [-0.05, 0) is 62.1 Å². The molecule has 0 saturated carbocycles. The fraction of sp³-hybridized carbons (Fsp3) is 0.429. The van der Waals surface area contributed by atoms with Crippen molar-refractivity contribution in [1.29, 1.82) is 0 Å². The Balaban J connectivity index is 1.73. The number of amides is 1. The zero-order valence-electron chi connectivity index (χ0n) is 15.9. The largest absolute Gasteiger partial charge is 0.378 e. The van der Waals surface area contributed by atoms with Crippen LogP contribution in [0.2, 0.25) is 0 Å². The molecule has 1 aromatic heterocycles. The van der Waals surface area contributed by atoms with E-state index in [1.54, 1.807) is 6.20 Å². The molecule has 1 aromatic carbocycles. The molecule has 3 rings (SSSR count). The molecule has 0 spiro atoms. The van der Waals surface area contributed by atoms with Crippen LogP contribution in [0.15, 0.2) is 42.6 Å². The average molecular weight is 352 g/mol. The number of carbonyl (C=O) groups is 1. The summed E-state index contributed by atoms with van der Waals surface area (Å²) >= 11 is 0. The minimum Gasteiger partial charge on any atom is -0.378 e. The van der Waals surface area contributed by atoms with Crippen molar-refractivity contribution < 1.29 is 4.79 Å². The predicted molar refractivity (Wildman–Crippen MR) is 108 cm³/mol. The van der Waals surface area contributed by atoms with Gasteiger partial charge in [-0.1, -0.05) is 6.92 Å². The van der Waals surface area contributed by atoms with Gasteiger partial charge in [-0.25, -0.2) is 0 Å². The third-order valence-electron chi connectivity index (χ3n) is 5.05. The lowest BCUT2D eigenvalue weighted by atomic mass is 9.99. The van der Waals surface area contributed by atoms with E-state index in [-0.39, 0.29) is 5.91 Å². The molecule has 1 aliphatic heterocycles. The summed E-state index contributed by atoms with van der Waals surface area (Å²) in [6, 6.07) is 12.3. The van der Waals surface area contributed by atoms with Crippen molar-refractivity contribution in [2.45, 2.75) is 38.6 Å². The number of piperidine rings is 1. The predicted octanol–water partition coefficient (Wildman–Crippen LogP) is 4.17. The van der Waals surface area contributed by atoms with Gasteiger partial charge in [-0.2, -0.15) is 0 Å². The lowest BCUT2D eigenvalue weighted by Crippen LogP contribution is -2.39.